The van der Waals surface area contributed by atoms with Crippen molar-refractivity contribution in [3.63, 3.8) is 0 Å². The molecular formula is C24H25N5O3S. The van der Waals surface area contributed by atoms with Crippen LogP contribution in [0.1, 0.15) is 17.3 Å². The fourth-order valence-electron chi connectivity index (χ4n) is 3.87. The Kier molecular flexibility index (Phi) is 6.43. The van der Waals surface area contributed by atoms with E-state index in [1.807, 2.05) is 37.3 Å². The van der Waals surface area contributed by atoms with Gasteiger partial charge in [0.05, 0.1) is 41.1 Å². The lowest BCUT2D eigenvalue weighted by molar-refractivity contribution is 0.0391. The highest BCUT2D eigenvalue weighted by Crippen LogP contribution is 2.32. The number of thiazole rings is 1. The van der Waals surface area contributed by atoms with Crippen LogP contribution in [0.3, 0.4) is 0 Å². The first-order valence-electron chi connectivity index (χ1n) is 11.1. The summed E-state index contributed by atoms with van der Waals surface area (Å²) in [6.07, 6.45) is 3.28. The number of carbonyl (C=O) groups is 1. The van der Waals surface area contributed by atoms with Gasteiger partial charge in [-0.3, -0.25) is 24.6 Å². The van der Waals surface area contributed by atoms with Crippen molar-refractivity contribution in [3.8, 4) is 5.75 Å². The van der Waals surface area contributed by atoms with Gasteiger partial charge in [0.2, 0.25) is 0 Å². The number of rotatable bonds is 7. The highest BCUT2D eigenvalue weighted by molar-refractivity contribution is 7.22. The summed E-state index contributed by atoms with van der Waals surface area (Å²) in [4.78, 5) is 31.2. The molecule has 0 aliphatic carbocycles. The first-order valence-corrected chi connectivity index (χ1v) is 11.9. The smallest absolute Gasteiger partial charge is 0.260 e. The third-order valence-corrected chi connectivity index (χ3v) is 6.64. The van der Waals surface area contributed by atoms with Gasteiger partial charge in [0, 0.05) is 44.1 Å². The predicted octanol–water partition coefficient (Wildman–Crippen LogP) is 3.62. The second-order valence-electron chi connectivity index (χ2n) is 7.73. The number of fused-ring (bicyclic) bond motifs is 2. The van der Waals surface area contributed by atoms with Crippen molar-refractivity contribution < 1.29 is 14.3 Å². The van der Waals surface area contributed by atoms with Gasteiger partial charge < -0.3 is 9.47 Å². The SMILES string of the molecule is CCOc1ccc2nc(N(CCN3CCOCC3)C(=O)c3ccc4nccnc4c3)sc2c1. The molecule has 0 unspecified atom stereocenters. The second-order valence-corrected chi connectivity index (χ2v) is 8.74. The first-order chi connectivity index (χ1) is 16.2. The molecule has 9 heteroatoms. The average Bonchev–Trinajstić information content (AvgIpc) is 3.27. The van der Waals surface area contributed by atoms with Crippen molar-refractivity contribution in [1.82, 2.24) is 19.9 Å². The molecule has 5 rings (SSSR count). The lowest BCUT2D eigenvalue weighted by Crippen LogP contribution is -2.43. The Hall–Kier alpha value is -3.14. The van der Waals surface area contributed by atoms with Crippen LogP contribution in [0.2, 0.25) is 0 Å². The molecule has 0 atom stereocenters. The van der Waals surface area contributed by atoms with E-state index in [0.717, 1.165) is 54.3 Å². The van der Waals surface area contributed by atoms with Crippen LogP contribution in [-0.2, 0) is 4.74 Å². The topological polar surface area (TPSA) is 80.7 Å². The van der Waals surface area contributed by atoms with Crippen molar-refractivity contribution in [3.05, 3.63) is 54.4 Å². The minimum Gasteiger partial charge on any atom is -0.494 e. The molecule has 0 radical (unpaired) electrons. The zero-order valence-electron chi connectivity index (χ0n) is 18.4. The minimum absolute atomic E-state index is 0.0973. The molecule has 1 amide bonds. The van der Waals surface area contributed by atoms with Crippen LogP contribution in [-0.4, -0.2) is 71.8 Å². The third-order valence-electron chi connectivity index (χ3n) is 5.60. The zero-order valence-corrected chi connectivity index (χ0v) is 19.3. The molecule has 1 saturated heterocycles. The van der Waals surface area contributed by atoms with Gasteiger partial charge in [-0.05, 0) is 43.3 Å². The molecule has 0 spiro atoms. The molecule has 8 nitrogen and oxygen atoms in total. The molecule has 1 aliphatic heterocycles. The summed E-state index contributed by atoms with van der Waals surface area (Å²) in [5, 5.41) is 0.677. The first kappa shape index (κ1) is 21.7. The van der Waals surface area contributed by atoms with Crippen molar-refractivity contribution in [1.29, 1.82) is 0 Å². The molecule has 4 aromatic rings. The molecule has 170 valence electrons. The quantitative estimate of drug-likeness (QED) is 0.414. The Morgan fingerprint density at radius 2 is 1.88 bits per heavy atom. The Bertz CT molecular complexity index is 1270. The Morgan fingerprint density at radius 1 is 1.09 bits per heavy atom. The predicted molar refractivity (Wildman–Crippen MR) is 129 cm³/mol. The highest BCUT2D eigenvalue weighted by Gasteiger charge is 2.23. The molecule has 0 N–H and O–H groups in total. The Morgan fingerprint density at radius 3 is 2.70 bits per heavy atom. The number of carbonyl (C=O) groups excluding carboxylic acids is 1. The van der Waals surface area contributed by atoms with E-state index in [4.69, 9.17) is 14.5 Å². The molecular weight excluding hydrogens is 438 g/mol. The number of benzene rings is 2. The van der Waals surface area contributed by atoms with Crippen LogP contribution in [0.15, 0.2) is 48.8 Å². The van der Waals surface area contributed by atoms with Gasteiger partial charge in [-0.15, -0.1) is 0 Å². The normalized spacial score (nSPS) is 14.6. The van der Waals surface area contributed by atoms with E-state index < -0.39 is 0 Å². The van der Waals surface area contributed by atoms with Crippen LogP contribution >= 0.6 is 11.3 Å². The largest absolute Gasteiger partial charge is 0.494 e. The van der Waals surface area contributed by atoms with Crippen LogP contribution < -0.4 is 9.64 Å². The Labute approximate surface area is 195 Å². The van der Waals surface area contributed by atoms with E-state index >= 15 is 0 Å². The lowest BCUT2D eigenvalue weighted by Gasteiger charge is -2.29. The molecule has 1 fully saturated rings. The number of anilines is 1. The summed E-state index contributed by atoms with van der Waals surface area (Å²) in [7, 11) is 0. The molecule has 2 aromatic heterocycles. The van der Waals surface area contributed by atoms with Crippen molar-refractivity contribution in [2.45, 2.75) is 6.92 Å². The number of hydrogen-bond donors (Lipinski definition) is 0. The average molecular weight is 464 g/mol. The van der Waals surface area contributed by atoms with Gasteiger partial charge in [-0.2, -0.15) is 0 Å². The van der Waals surface area contributed by atoms with E-state index in [2.05, 4.69) is 14.9 Å². The molecule has 0 saturated carbocycles. The fraction of sp³-hybridized carbons (Fsp3) is 0.333. The summed E-state index contributed by atoms with van der Waals surface area (Å²) >= 11 is 1.50. The summed E-state index contributed by atoms with van der Waals surface area (Å²) in [6.45, 7) is 7.03. The molecule has 33 heavy (non-hydrogen) atoms. The maximum atomic E-state index is 13.7. The molecule has 0 bridgehead atoms. The maximum Gasteiger partial charge on any atom is 0.260 e. The van der Waals surface area contributed by atoms with Crippen molar-refractivity contribution in [2.24, 2.45) is 0 Å². The van der Waals surface area contributed by atoms with E-state index in [9.17, 15) is 4.79 Å². The van der Waals surface area contributed by atoms with Gasteiger partial charge in [0.1, 0.15) is 5.75 Å². The van der Waals surface area contributed by atoms with Gasteiger partial charge in [0.25, 0.3) is 5.91 Å². The standard InChI is InChI=1S/C24H25N5O3S/c1-2-32-18-4-6-20-22(16-18)33-24(27-20)29(10-9-28-11-13-31-14-12-28)23(30)17-3-5-19-21(15-17)26-8-7-25-19/h3-8,15-16H,2,9-14H2,1H3. The maximum absolute atomic E-state index is 13.7. The molecule has 1 aliphatic rings. The number of morpholine rings is 1. The van der Waals surface area contributed by atoms with Gasteiger partial charge >= 0.3 is 0 Å². The summed E-state index contributed by atoms with van der Waals surface area (Å²) in [5.74, 6) is 0.708. The zero-order chi connectivity index (χ0) is 22.6. The number of nitrogens with zero attached hydrogens (tertiary/aromatic N) is 5. The van der Waals surface area contributed by atoms with E-state index in [0.29, 0.717) is 29.4 Å². The van der Waals surface area contributed by atoms with Gasteiger partial charge in [-0.1, -0.05) is 11.3 Å². The monoisotopic (exact) mass is 463 g/mol. The number of amides is 1. The third kappa shape index (κ3) is 4.80. The van der Waals surface area contributed by atoms with Crippen LogP contribution in [0, 0.1) is 0 Å². The van der Waals surface area contributed by atoms with E-state index in [1.54, 1.807) is 23.4 Å². The lowest BCUT2D eigenvalue weighted by atomic mass is 10.1. The summed E-state index contributed by atoms with van der Waals surface area (Å²) in [5.41, 5.74) is 2.88. The number of ether oxygens (including phenoxy) is 2. The van der Waals surface area contributed by atoms with E-state index in [-0.39, 0.29) is 5.91 Å². The van der Waals surface area contributed by atoms with Crippen molar-refractivity contribution in [2.75, 3.05) is 50.9 Å². The fourth-order valence-corrected chi connectivity index (χ4v) is 4.89. The van der Waals surface area contributed by atoms with Crippen molar-refractivity contribution >= 4 is 43.6 Å². The van der Waals surface area contributed by atoms with Crippen LogP contribution in [0.5, 0.6) is 5.75 Å². The van der Waals surface area contributed by atoms with Crippen LogP contribution in [0.4, 0.5) is 5.13 Å². The number of hydrogen-bond acceptors (Lipinski definition) is 8. The van der Waals surface area contributed by atoms with Gasteiger partial charge in [0.15, 0.2) is 5.13 Å². The van der Waals surface area contributed by atoms with E-state index in [1.165, 1.54) is 11.3 Å². The summed E-state index contributed by atoms with van der Waals surface area (Å²) in [6, 6.07) is 11.3. The van der Waals surface area contributed by atoms with Crippen LogP contribution in [0.25, 0.3) is 21.3 Å². The second kappa shape index (κ2) is 9.78. The number of aromatic nitrogens is 3. The Balaban J connectivity index is 1.47. The highest BCUT2D eigenvalue weighted by atomic mass is 32.1. The molecule has 3 heterocycles. The summed E-state index contributed by atoms with van der Waals surface area (Å²) < 4.78 is 12.1. The van der Waals surface area contributed by atoms with Gasteiger partial charge in [-0.25, -0.2) is 4.98 Å². The minimum atomic E-state index is -0.0973. The molecule has 2 aromatic carbocycles.